The molecule has 8 heteroatoms. The first-order chi connectivity index (χ1) is 12.9. The molecule has 0 atom stereocenters. The van der Waals surface area contributed by atoms with E-state index in [0.29, 0.717) is 22.6 Å². The maximum atomic E-state index is 12.0. The molecule has 0 unspecified atom stereocenters. The van der Waals surface area contributed by atoms with Gasteiger partial charge in [-0.25, -0.2) is 5.43 Å². The van der Waals surface area contributed by atoms with Gasteiger partial charge in [-0.05, 0) is 42.8 Å². The van der Waals surface area contributed by atoms with Crippen LogP contribution in [-0.2, 0) is 0 Å². The zero-order valence-corrected chi connectivity index (χ0v) is 15.8. The van der Waals surface area contributed by atoms with E-state index in [4.69, 9.17) is 4.42 Å². The first kappa shape index (κ1) is 18.5. The molecule has 0 saturated heterocycles. The van der Waals surface area contributed by atoms with Crippen LogP contribution in [0.4, 0.5) is 5.69 Å². The van der Waals surface area contributed by atoms with E-state index in [9.17, 15) is 14.9 Å². The van der Waals surface area contributed by atoms with Gasteiger partial charge >= 0.3 is 0 Å². The smallest absolute Gasteiger partial charge is 0.271 e. The minimum absolute atomic E-state index is 0.0106. The number of hydrogen-bond acceptors (Lipinski definition) is 5. The van der Waals surface area contributed by atoms with E-state index in [1.165, 1.54) is 18.3 Å². The summed E-state index contributed by atoms with van der Waals surface area (Å²) in [5, 5.41) is 14.8. The van der Waals surface area contributed by atoms with E-state index < -0.39 is 4.92 Å². The Morgan fingerprint density at radius 1 is 1.22 bits per heavy atom. The number of rotatable bonds is 5. The number of carbonyl (C=O) groups excluding carboxylic acids is 1. The van der Waals surface area contributed by atoms with Gasteiger partial charge in [0.05, 0.1) is 11.1 Å². The van der Waals surface area contributed by atoms with Gasteiger partial charge in [0.25, 0.3) is 11.6 Å². The number of amides is 1. The molecule has 0 bridgehead atoms. The molecule has 1 aromatic heterocycles. The number of nitrogens with one attached hydrogen (secondary N) is 1. The van der Waals surface area contributed by atoms with Crippen LogP contribution in [0.15, 0.2) is 68.6 Å². The molecular formula is C19H14BrN3O4. The third-order valence-corrected chi connectivity index (χ3v) is 4.26. The number of hydrazone groups is 1. The van der Waals surface area contributed by atoms with E-state index >= 15 is 0 Å². The Morgan fingerprint density at radius 2 is 2.04 bits per heavy atom. The number of carbonyl (C=O) groups is 1. The molecule has 0 radical (unpaired) electrons. The molecule has 0 aliphatic carbocycles. The van der Waals surface area contributed by atoms with E-state index in [0.717, 1.165) is 10.0 Å². The zero-order chi connectivity index (χ0) is 19.4. The molecule has 1 amide bonds. The number of halogens is 1. The van der Waals surface area contributed by atoms with Gasteiger partial charge in [-0.3, -0.25) is 14.9 Å². The number of benzene rings is 2. The second-order valence-corrected chi connectivity index (χ2v) is 6.58. The van der Waals surface area contributed by atoms with Crippen LogP contribution in [-0.4, -0.2) is 17.0 Å². The van der Waals surface area contributed by atoms with Gasteiger partial charge in [-0.1, -0.05) is 28.1 Å². The minimum atomic E-state index is -0.453. The van der Waals surface area contributed by atoms with Gasteiger partial charge in [0, 0.05) is 27.7 Å². The Hall–Kier alpha value is -3.26. The monoisotopic (exact) mass is 427 g/mol. The lowest BCUT2D eigenvalue weighted by Crippen LogP contribution is -2.17. The van der Waals surface area contributed by atoms with Crippen LogP contribution in [0, 0.1) is 17.0 Å². The Morgan fingerprint density at radius 3 is 2.78 bits per heavy atom. The average molecular weight is 428 g/mol. The molecule has 3 aromatic rings. The summed E-state index contributed by atoms with van der Waals surface area (Å²) in [6.07, 6.45) is 1.37. The molecule has 0 spiro atoms. The molecule has 0 aliphatic rings. The van der Waals surface area contributed by atoms with Gasteiger partial charge in [0.2, 0.25) is 0 Å². The zero-order valence-electron chi connectivity index (χ0n) is 14.2. The first-order valence-electron chi connectivity index (χ1n) is 7.88. The van der Waals surface area contributed by atoms with Crippen molar-refractivity contribution in [3.05, 3.63) is 86.1 Å². The number of nitro benzene ring substituents is 1. The maximum Gasteiger partial charge on any atom is 0.271 e. The van der Waals surface area contributed by atoms with Gasteiger partial charge in [0.15, 0.2) is 0 Å². The largest absolute Gasteiger partial charge is 0.455 e. The van der Waals surface area contributed by atoms with Crippen LogP contribution in [0.2, 0.25) is 0 Å². The Labute approximate surface area is 163 Å². The average Bonchev–Trinajstić information content (AvgIpc) is 3.10. The second kappa shape index (κ2) is 7.96. The fourth-order valence-corrected chi connectivity index (χ4v) is 2.80. The SMILES string of the molecule is Cc1ccc([N+](=O)[O-])cc1-c1ccc(/C=N\NC(=O)c2cccc(Br)c2)o1. The molecule has 0 saturated carbocycles. The van der Waals surface area contributed by atoms with Crippen molar-refractivity contribution in [2.75, 3.05) is 0 Å². The summed E-state index contributed by atoms with van der Waals surface area (Å²) >= 11 is 3.30. The van der Waals surface area contributed by atoms with E-state index in [-0.39, 0.29) is 11.6 Å². The van der Waals surface area contributed by atoms with E-state index in [1.54, 1.807) is 36.4 Å². The van der Waals surface area contributed by atoms with Crippen molar-refractivity contribution in [3.63, 3.8) is 0 Å². The number of furan rings is 1. The van der Waals surface area contributed by atoms with E-state index in [2.05, 4.69) is 26.5 Å². The third-order valence-electron chi connectivity index (χ3n) is 3.77. The van der Waals surface area contributed by atoms with Crippen LogP contribution in [0.1, 0.15) is 21.7 Å². The maximum absolute atomic E-state index is 12.0. The Balaban J connectivity index is 1.73. The summed E-state index contributed by atoms with van der Waals surface area (Å²) in [6, 6.07) is 14.9. The molecule has 27 heavy (non-hydrogen) atoms. The van der Waals surface area contributed by atoms with Crippen LogP contribution < -0.4 is 5.43 Å². The van der Waals surface area contributed by atoms with Crippen LogP contribution >= 0.6 is 15.9 Å². The molecule has 0 fully saturated rings. The molecule has 0 aliphatic heterocycles. The van der Waals surface area contributed by atoms with Crippen molar-refractivity contribution in [2.45, 2.75) is 6.92 Å². The molecule has 1 heterocycles. The van der Waals surface area contributed by atoms with Crippen LogP contribution in [0.25, 0.3) is 11.3 Å². The highest BCUT2D eigenvalue weighted by atomic mass is 79.9. The van der Waals surface area contributed by atoms with Gasteiger partial charge in [-0.15, -0.1) is 0 Å². The summed E-state index contributed by atoms with van der Waals surface area (Å²) in [6.45, 7) is 1.84. The van der Waals surface area contributed by atoms with Crippen molar-refractivity contribution in [2.24, 2.45) is 5.10 Å². The third kappa shape index (κ3) is 4.48. The number of hydrogen-bond donors (Lipinski definition) is 1. The lowest BCUT2D eigenvalue weighted by molar-refractivity contribution is -0.384. The van der Waals surface area contributed by atoms with Crippen LogP contribution in [0.5, 0.6) is 0 Å². The van der Waals surface area contributed by atoms with Crippen LogP contribution in [0.3, 0.4) is 0 Å². The van der Waals surface area contributed by atoms with Crippen molar-refractivity contribution in [3.8, 4) is 11.3 Å². The van der Waals surface area contributed by atoms with Crippen molar-refractivity contribution >= 4 is 33.7 Å². The lowest BCUT2D eigenvalue weighted by Gasteiger charge is -2.02. The van der Waals surface area contributed by atoms with Gasteiger partial charge < -0.3 is 4.42 Å². The second-order valence-electron chi connectivity index (χ2n) is 5.67. The van der Waals surface area contributed by atoms with Gasteiger partial charge in [-0.2, -0.15) is 5.10 Å². The summed E-state index contributed by atoms with van der Waals surface area (Å²) in [4.78, 5) is 22.5. The lowest BCUT2D eigenvalue weighted by atomic mass is 10.1. The number of nitro groups is 1. The molecular weight excluding hydrogens is 414 g/mol. The fourth-order valence-electron chi connectivity index (χ4n) is 2.40. The van der Waals surface area contributed by atoms with Crippen molar-refractivity contribution < 1.29 is 14.1 Å². The topological polar surface area (TPSA) is 97.7 Å². The summed E-state index contributed by atoms with van der Waals surface area (Å²) in [7, 11) is 0. The quantitative estimate of drug-likeness (QED) is 0.362. The number of non-ortho nitro benzene ring substituents is 1. The predicted molar refractivity (Wildman–Crippen MR) is 105 cm³/mol. The van der Waals surface area contributed by atoms with E-state index in [1.807, 2.05) is 13.0 Å². The summed E-state index contributed by atoms with van der Waals surface area (Å²) in [5.41, 5.74) is 4.35. The molecule has 2 aromatic carbocycles. The predicted octanol–water partition coefficient (Wildman–Crippen LogP) is 4.69. The summed E-state index contributed by atoms with van der Waals surface area (Å²) < 4.78 is 6.45. The van der Waals surface area contributed by atoms with Crippen molar-refractivity contribution in [1.82, 2.24) is 5.43 Å². The van der Waals surface area contributed by atoms with Crippen molar-refractivity contribution in [1.29, 1.82) is 0 Å². The van der Waals surface area contributed by atoms with Gasteiger partial charge in [0.1, 0.15) is 11.5 Å². The number of aryl methyl sites for hydroxylation is 1. The standard InChI is InChI=1S/C19H14BrN3O4/c1-12-5-6-15(23(25)26)10-17(12)18-8-7-16(27-18)11-21-22-19(24)13-3-2-4-14(20)9-13/h2-11H,1H3,(H,22,24)/b21-11-. The Kier molecular flexibility index (Phi) is 5.46. The molecule has 7 nitrogen and oxygen atoms in total. The Bertz CT molecular complexity index is 1040. The fraction of sp³-hybridized carbons (Fsp3) is 0.0526. The molecule has 1 N–H and O–H groups in total. The minimum Gasteiger partial charge on any atom is -0.455 e. The summed E-state index contributed by atoms with van der Waals surface area (Å²) in [5.74, 6) is 0.537. The normalized spacial score (nSPS) is 10.9. The molecule has 3 rings (SSSR count). The first-order valence-corrected chi connectivity index (χ1v) is 8.67. The highest BCUT2D eigenvalue weighted by Gasteiger charge is 2.13. The highest BCUT2D eigenvalue weighted by Crippen LogP contribution is 2.28. The highest BCUT2D eigenvalue weighted by molar-refractivity contribution is 9.10. The molecule has 136 valence electrons. The number of nitrogens with zero attached hydrogens (tertiary/aromatic N) is 2.